The van der Waals surface area contributed by atoms with E-state index in [2.05, 4.69) is 10.2 Å². The standard InChI is InChI=1S/C18H27N5O4/c1-14-10-21(7-8-26-14)16(24)9-15-11-22(18(13-27-15)3-2-4-18)17(25)12-23-19-5-6-20-23/h5-6,14-15H,2-4,7-13H2,1H3. The van der Waals surface area contributed by atoms with Gasteiger partial charge in [-0.05, 0) is 26.2 Å². The smallest absolute Gasteiger partial charge is 0.246 e. The Labute approximate surface area is 158 Å². The van der Waals surface area contributed by atoms with Gasteiger partial charge < -0.3 is 19.3 Å². The van der Waals surface area contributed by atoms with E-state index in [1.165, 1.54) is 4.80 Å². The molecule has 9 heteroatoms. The molecule has 3 aliphatic rings. The van der Waals surface area contributed by atoms with Crippen molar-refractivity contribution in [3.63, 3.8) is 0 Å². The monoisotopic (exact) mass is 377 g/mol. The summed E-state index contributed by atoms with van der Waals surface area (Å²) in [5, 5.41) is 8.07. The summed E-state index contributed by atoms with van der Waals surface area (Å²) in [6, 6.07) is 0. The molecule has 148 valence electrons. The van der Waals surface area contributed by atoms with Crippen LogP contribution in [0.15, 0.2) is 12.4 Å². The van der Waals surface area contributed by atoms with Gasteiger partial charge in [-0.15, -0.1) is 0 Å². The van der Waals surface area contributed by atoms with Crippen LogP contribution in [-0.4, -0.2) is 87.2 Å². The van der Waals surface area contributed by atoms with E-state index >= 15 is 0 Å². The first-order valence-electron chi connectivity index (χ1n) is 9.71. The molecule has 0 aromatic carbocycles. The summed E-state index contributed by atoms with van der Waals surface area (Å²) in [5.41, 5.74) is -0.211. The van der Waals surface area contributed by atoms with Crippen molar-refractivity contribution in [1.29, 1.82) is 0 Å². The Morgan fingerprint density at radius 1 is 1.15 bits per heavy atom. The topological polar surface area (TPSA) is 89.8 Å². The molecule has 4 rings (SSSR count). The molecule has 1 spiro atoms. The molecule has 1 aromatic rings. The second kappa shape index (κ2) is 7.55. The quantitative estimate of drug-likeness (QED) is 0.737. The third-order valence-electron chi connectivity index (χ3n) is 5.87. The van der Waals surface area contributed by atoms with Crippen molar-refractivity contribution in [3.05, 3.63) is 12.4 Å². The number of ether oxygens (including phenoxy) is 2. The van der Waals surface area contributed by atoms with Gasteiger partial charge in [0, 0.05) is 19.6 Å². The Bertz CT molecular complexity index is 675. The summed E-state index contributed by atoms with van der Waals surface area (Å²) in [5.74, 6) is 0.0625. The Morgan fingerprint density at radius 2 is 1.93 bits per heavy atom. The van der Waals surface area contributed by atoms with Crippen LogP contribution >= 0.6 is 0 Å². The molecule has 0 radical (unpaired) electrons. The predicted octanol–water partition coefficient (Wildman–Crippen LogP) is 0.0656. The molecule has 27 heavy (non-hydrogen) atoms. The van der Waals surface area contributed by atoms with Gasteiger partial charge in [0.2, 0.25) is 11.8 Å². The molecule has 2 unspecified atom stereocenters. The van der Waals surface area contributed by atoms with Gasteiger partial charge in [0.25, 0.3) is 0 Å². The Balaban J connectivity index is 1.39. The van der Waals surface area contributed by atoms with Crippen LogP contribution in [0.4, 0.5) is 0 Å². The largest absolute Gasteiger partial charge is 0.375 e. The van der Waals surface area contributed by atoms with Crippen molar-refractivity contribution in [2.24, 2.45) is 0 Å². The molecule has 9 nitrogen and oxygen atoms in total. The number of amides is 2. The van der Waals surface area contributed by atoms with Gasteiger partial charge in [-0.3, -0.25) is 9.59 Å². The summed E-state index contributed by atoms with van der Waals surface area (Å²) in [6.07, 6.45) is 6.23. The van der Waals surface area contributed by atoms with E-state index < -0.39 is 0 Å². The second-order valence-corrected chi connectivity index (χ2v) is 7.80. The van der Waals surface area contributed by atoms with E-state index in [9.17, 15) is 9.59 Å². The van der Waals surface area contributed by atoms with Crippen LogP contribution in [0.1, 0.15) is 32.6 Å². The van der Waals surface area contributed by atoms with Gasteiger partial charge >= 0.3 is 0 Å². The molecule has 1 aromatic heterocycles. The molecule has 0 bridgehead atoms. The molecule has 2 saturated heterocycles. The zero-order valence-corrected chi connectivity index (χ0v) is 15.7. The Kier molecular flexibility index (Phi) is 5.14. The molecule has 1 aliphatic carbocycles. The number of morpholine rings is 2. The first-order valence-corrected chi connectivity index (χ1v) is 9.71. The molecule has 3 heterocycles. The van der Waals surface area contributed by atoms with Crippen molar-refractivity contribution in [1.82, 2.24) is 24.8 Å². The molecule has 2 amide bonds. The Hall–Kier alpha value is -2.00. The summed E-state index contributed by atoms with van der Waals surface area (Å²) >= 11 is 0. The highest BCUT2D eigenvalue weighted by Gasteiger charge is 2.49. The minimum atomic E-state index is -0.267. The number of rotatable bonds is 4. The fourth-order valence-electron chi connectivity index (χ4n) is 4.19. The summed E-state index contributed by atoms with van der Waals surface area (Å²) in [7, 11) is 0. The lowest BCUT2D eigenvalue weighted by molar-refractivity contribution is -0.175. The zero-order chi connectivity index (χ0) is 18.9. The van der Waals surface area contributed by atoms with Crippen LogP contribution in [0.25, 0.3) is 0 Å². The number of aromatic nitrogens is 3. The van der Waals surface area contributed by atoms with Crippen molar-refractivity contribution in [3.8, 4) is 0 Å². The first-order chi connectivity index (χ1) is 13.1. The lowest BCUT2D eigenvalue weighted by Gasteiger charge is -2.54. The Morgan fingerprint density at radius 3 is 2.59 bits per heavy atom. The fraction of sp³-hybridized carbons (Fsp3) is 0.778. The fourth-order valence-corrected chi connectivity index (χ4v) is 4.19. The second-order valence-electron chi connectivity index (χ2n) is 7.80. The van der Waals surface area contributed by atoms with E-state index in [-0.39, 0.29) is 36.1 Å². The van der Waals surface area contributed by atoms with Gasteiger partial charge in [-0.1, -0.05) is 0 Å². The molecule has 2 aliphatic heterocycles. The van der Waals surface area contributed by atoms with Gasteiger partial charge in [-0.25, -0.2) is 0 Å². The van der Waals surface area contributed by atoms with Gasteiger partial charge in [0.1, 0.15) is 6.54 Å². The van der Waals surface area contributed by atoms with Gasteiger partial charge in [0.15, 0.2) is 0 Å². The first kappa shape index (κ1) is 18.4. The van der Waals surface area contributed by atoms with E-state index in [1.54, 1.807) is 12.4 Å². The van der Waals surface area contributed by atoms with Crippen LogP contribution in [0.3, 0.4) is 0 Å². The lowest BCUT2D eigenvalue weighted by Crippen LogP contribution is -2.65. The van der Waals surface area contributed by atoms with Crippen LogP contribution < -0.4 is 0 Å². The average molecular weight is 377 g/mol. The minimum absolute atomic E-state index is 0.00774. The van der Waals surface area contributed by atoms with Crippen molar-refractivity contribution < 1.29 is 19.1 Å². The maximum atomic E-state index is 12.9. The third-order valence-corrected chi connectivity index (χ3v) is 5.87. The van der Waals surface area contributed by atoms with Crippen molar-refractivity contribution in [2.75, 3.05) is 32.8 Å². The molecule has 1 saturated carbocycles. The SMILES string of the molecule is CC1CN(C(=O)CC2CN(C(=O)Cn3nccn3)C3(CCC3)CO2)CCO1. The predicted molar refractivity (Wildman–Crippen MR) is 94.7 cm³/mol. The highest BCUT2D eigenvalue weighted by Crippen LogP contribution is 2.41. The molecular weight excluding hydrogens is 350 g/mol. The number of hydrogen-bond donors (Lipinski definition) is 0. The van der Waals surface area contributed by atoms with E-state index in [0.29, 0.717) is 39.3 Å². The summed E-state index contributed by atoms with van der Waals surface area (Å²) in [4.78, 5) is 30.7. The maximum absolute atomic E-state index is 12.9. The molecular formula is C18H27N5O4. The van der Waals surface area contributed by atoms with Gasteiger partial charge in [-0.2, -0.15) is 15.0 Å². The van der Waals surface area contributed by atoms with Crippen LogP contribution in [0.5, 0.6) is 0 Å². The summed E-state index contributed by atoms with van der Waals surface area (Å²) < 4.78 is 11.5. The maximum Gasteiger partial charge on any atom is 0.246 e. The molecule has 2 atom stereocenters. The van der Waals surface area contributed by atoms with Crippen LogP contribution in [0.2, 0.25) is 0 Å². The van der Waals surface area contributed by atoms with E-state index in [1.807, 2.05) is 16.7 Å². The number of hydrogen-bond acceptors (Lipinski definition) is 6. The number of carbonyl (C=O) groups excluding carboxylic acids is 2. The number of nitrogens with zero attached hydrogens (tertiary/aromatic N) is 5. The van der Waals surface area contributed by atoms with Crippen LogP contribution in [0, 0.1) is 0 Å². The average Bonchev–Trinajstić information content (AvgIpc) is 3.13. The summed E-state index contributed by atoms with van der Waals surface area (Å²) in [6.45, 7) is 4.85. The highest BCUT2D eigenvalue weighted by atomic mass is 16.5. The van der Waals surface area contributed by atoms with Crippen molar-refractivity contribution >= 4 is 11.8 Å². The molecule has 0 N–H and O–H groups in total. The minimum Gasteiger partial charge on any atom is -0.375 e. The normalized spacial score (nSPS) is 27.4. The lowest BCUT2D eigenvalue weighted by atomic mass is 9.74. The highest BCUT2D eigenvalue weighted by molar-refractivity contribution is 5.78. The number of carbonyl (C=O) groups is 2. The van der Waals surface area contributed by atoms with E-state index in [0.717, 1.165) is 19.3 Å². The zero-order valence-electron chi connectivity index (χ0n) is 15.7. The van der Waals surface area contributed by atoms with Gasteiger partial charge in [0.05, 0.1) is 49.8 Å². The van der Waals surface area contributed by atoms with Crippen LogP contribution in [-0.2, 0) is 25.6 Å². The third kappa shape index (κ3) is 3.84. The molecule has 3 fully saturated rings. The van der Waals surface area contributed by atoms with E-state index in [4.69, 9.17) is 9.47 Å². The van der Waals surface area contributed by atoms with Crippen molar-refractivity contribution in [2.45, 2.75) is 56.9 Å².